The number of fused-ring (bicyclic) bond motifs is 1. The van der Waals surface area contributed by atoms with Gasteiger partial charge in [-0.05, 0) is 56.1 Å². The van der Waals surface area contributed by atoms with Gasteiger partial charge in [-0.3, -0.25) is 4.79 Å². The van der Waals surface area contributed by atoms with E-state index in [1.165, 1.54) is 11.3 Å². The zero-order chi connectivity index (χ0) is 15.1. The minimum Gasteiger partial charge on any atom is -0.340 e. The first-order chi connectivity index (χ1) is 9.95. The Morgan fingerprint density at radius 1 is 1.24 bits per heavy atom. The standard InChI is InChI=1S/C14H7Br2Cl2NOS/c15-13-5-9(14(16)21-13)12(20)6-19-2-1-8-10(18)3-7(17)4-11(8)19/h1-5H,6H2. The Bertz CT molecular complexity index is 856. The fourth-order valence-electron chi connectivity index (χ4n) is 2.13. The van der Waals surface area contributed by atoms with Crippen LogP contribution < -0.4 is 0 Å². The van der Waals surface area contributed by atoms with E-state index < -0.39 is 0 Å². The molecule has 2 nitrogen and oxygen atoms in total. The first-order valence-electron chi connectivity index (χ1n) is 5.87. The largest absolute Gasteiger partial charge is 0.340 e. The molecule has 3 rings (SSSR count). The fourth-order valence-corrected chi connectivity index (χ4v) is 5.53. The van der Waals surface area contributed by atoms with Gasteiger partial charge in [-0.15, -0.1) is 11.3 Å². The van der Waals surface area contributed by atoms with Gasteiger partial charge in [0.05, 0.1) is 24.7 Å². The average molecular weight is 468 g/mol. The Hall–Kier alpha value is -0.330. The van der Waals surface area contributed by atoms with E-state index in [1.807, 2.05) is 29.0 Å². The van der Waals surface area contributed by atoms with Crippen molar-refractivity contribution in [3.8, 4) is 0 Å². The van der Waals surface area contributed by atoms with Crippen LogP contribution in [0.2, 0.25) is 10.0 Å². The molecular weight excluding hydrogens is 461 g/mol. The van der Waals surface area contributed by atoms with Crippen molar-refractivity contribution in [2.45, 2.75) is 6.54 Å². The SMILES string of the molecule is O=C(Cn1ccc2c(Cl)cc(Cl)cc21)c1cc(Br)sc1Br. The van der Waals surface area contributed by atoms with Crippen molar-refractivity contribution in [3.63, 3.8) is 0 Å². The van der Waals surface area contributed by atoms with Crippen LogP contribution in [-0.2, 0) is 6.54 Å². The van der Waals surface area contributed by atoms with Gasteiger partial charge in [0.1, 0.15) is 0 Å². The molecule has 0 aliphatic carbocycles. The molecule has 0 amide bonds. The molecule has 0 fully saturated rings. The summed E-state index contributed by atoms with van der Waals surface area (Å²) in [5.41, 5.74) is 1.52. The lowest BCUT2D eigenvalue weighted by molar-refractivity contribution is 0.0973. The van der Waals surface area contributed by atoms with Gasteiger partial charge >= 0.3 is 0 Å². The Kier molecular flexibility index (Phi) is 4.48. The number of aromatic nitrogens is 1. The van der Waals surface area contributed by atoms with Crippen LogP contribution in [0, 0.1) is 0 Å². The number of carbonyl (C=O) groups excluding carboxylic acids is 1. The highest BCUT2D eigenvalue weighted by Crippen LogP contribution is 2.33. The molecule has 2 heterocycles. The summed E-state index contributed by atoms with van der Waals surface area (Å²) in [5, 5.41) is 2.03. The normalized spacial score (nSPS) is 11.2. The maximum Gasteiger partial charge on any atom is 0.184 e. The molecule has 0 unspecified atom stereocenters. The lowest BCUT2D eigenvalue weighted by atomic mass is 10.2. The van der Waals surface area contributed by atoms with Crippen LogP contribution >= 0.6 is 66.4 Å². The number of thiophene rings is 1. The smallest absolute Gasteiger partial charge is 0.184 e. The first kappa shape index (κ1) is 15.6. The molecule has 108 valence electrons. The molecule has 3 aromatic rings. The maximum atomic E-state index is 12.4. The zero-order valence-corrected chi connectivity index (χ0v) is 15.9. The highest BCUT2D eigenvalue weighted by atomic mass is 79.9. The minimum atomic E-state index is 0.0254. The highest BCUT2D eigenvalue weighted by Gasteiger charge is 2.15. The molecule has 0 aliphatic heterocycles. The van der Waals surface area contributed by atoms with Crippen molar-refractivity contribution < 1.29 is 4.79 Å². The second kappa shape index (κ2) is 6.05. The number of halogens is 4. The highest BCUT2D eigenvalue weighted by molar-refractivity contribution is 9.12. The number of ketones is 1. The van der Waals surface area contributed by atoms with Gasteiger partial charge in [0.15, 0.2) is 5.78 Å². The summed E-state index contributed by atoms with van der Waals surface area (Å²) in [7, 11) is 0. The molecule has 1 aromatic carbocycles. The summed E-state index contributed by atoms with van der Waals surface area (Å²) in [6.45, 7) is 0.238. The van der Waals surface area contributed by atoms with E-state index in [4.69, 9.17) is 23.2 Å². The van der Waals surface area contributed by atoms with Crippen molar-refractivity contribution in [1.29, 1.82) is 0 Å². The van der Waals surface area contributed by atoms with E-state index in [0.29, 0.717) is 15.6 Å². The van der Waals surface area contributed by atoms with E-state index in [9.17, 15) is 4.79 Å². The minimum absolute atomic E-state index is 0.0254. The Balaban J connectivity index is 1.99. The van der Waals surface area contributed by atoms with Crippen LogP contribution in [0.5, 0.6) is 0 Å². The first-order valence-corrected chi connectivity index (χ1v) is 9.03. The lowest BCUT2D eigenvalue weighted by Crippen LogP contribution is -2.09. The summed E-state index contributed by atoms with van der Waals surface area (Å²) in [6.07, 6.45) is 1.85. The number of nitrogens with zero attached hydrogens (tertiary/aromatic N) is 1. The molecule has 0 aliphatic rings. The Labute approximate surface area is 151 Å². The number of carbonyl (C=O) groups is 1. The van der Waals surface area contributed by atoms with Crippen LogP contribution in [-0.4, -0.2) is 10.4 Å². The van der Waals surface area contributed by atoms with Gasteiger partial charge in [0, 0.05) is 22.2 Å². The number of Topliss-reactive ketones (excluding diaryl/α,β-unsaturated/α-hetero) is 1. The quantitative estimate of drug-likeness (QED) is 0.407. The van der Waals surface area contributed by atoms with E-state index in [2.05, 4.69) is 31.9 Å². The van der Waals surface area contributed by atoms with Gasteiger partial charge in [0.25, 0.3) is 0 Å². The molecule has 0 saturated carbocycles. The van der Waals surface area contributed by atoms with Crippen molar-refractivity contribution >= 4 is 83.1 Å². The van der Waals surface area contributed by atoms with Crippen molar-refractivity contribution in [1.82, 2.24) is 4.57 Å². The third kappa shape index (κ3) is 3.08. The van der Waals surface area contributed by atoms with Crippen molar-refractivity contribution in [2.75, 3.05) is 0 Å². The zero-order valence-electron chi connectivity index (χ0n) is 10.4. The van der Waals surface area contributed by atoms with E-state index in [1.54, 1.807) is 6.07 Å². The number of hydrogen-bond donors (Lipinski definition) is 0. The predicted molar refractivity (Wildman–Crippen MR) is 96.0 cm³/mol. The summed E-state index contributed by atoms with van der Waals surface area (Å²) >= 11 is 20.5. The predicted octanol–water partition coefficient (Wildman–Crippen LogP) is 6.42. The fraction of sp³-hybridized carbons (Fsp3) is 0.0714. The molecule has 7 heteroatoms. The van der Waals surface area contributed by atoms with Crippen molar-refractivity contribution in [3.05, 3.63) is 53.6 Å². The van der Waals surface area contributed by atoms with E-state index >= 15 is 0 Å². The molecule has 0 spiro atoms. The second-order valence-electron chi connectivity index (χ2n) is 4.43. The van der Waals surface area contributed by atoms with Crippen LogP contribution in [0.1, 0.15) is 10.4 Å². The maximum absolute atomic E-state index is 12.4. The number of rotatable bonds is 3. The van der Waals surface area contributed by atoms with E-state index in [-0.39, 0.29) is 12.3 Å². The lowest BCUT2D eigenvalue weighted by Gasteiger charge is -2.05. The van der Waals surface area contributed by atoms with Crippen LogP contribution in [0.3, 0.4) is 0 Å². The van der Waals surface area contributed by atoms with E-state index in [0.717, 1.165) is 18.5 Å². The van der Waals surface area contributed by atoms with Crippen LogP contribution in [0.25, 0.3) is 10.9 Å². The van der Waals surface area contributed by atoms with Gasteiger partial charge in [-0.25, -0.2) is 0 Å². The summed E-state index contributed by atoms with van der Waals surface area (Å²) in [4.78, 5) is 12.4. The summed E-state index contributed by atoms with van der Waals surface area (Å²) in [6, 6.07) is 7.22. The van der Waals surface area contributed by atoms with Crippen LogP contribution in [0.4, 0.5) is 0 Å². The molecule has 0 atom stereocenters. The monoisotopic (exact) mass is 465 g/mol. The molecular formula is C14H7Br2Cl2NOS. The summed E-state index contributed by atoms with van der Waals surface area (Å²) < 4.78 is 3.60. The molecule has 21 heavy (non-hydrogen) atoms. The molecule has 0 radical (unpaired) electrons. The topological polar surface area (TPSA) is 22.0 Å². The Morgan fingerprint density at radius 2 is 2.00 bits per heavy atom. The van der Waals surface area contributed by atoms with Gasteiger partial charge in [-0.2, -0.15) is 0 Å². The van der Waals surface area contributed by atoms with Gasteiger partial charge in [-0.1, -0.05) is 23.2 Å². The van der Waals surface area contributed by atoms with Gasteiger partial charge in [0.2, 0.25) is 0 Å². The Morgan fingerprint density at radius 3 is 2.67 bits per heavy atom. The summed E-state index contributed by atoms with van der Waals surface area (Å²) in [5.74, 6) is 0.0254. The molecule has 0 saturated heterocycles. The third-order valence-corrected chi connectivity index (χ3v) is 5.94. The third-order valence-electron chi connectivity index (χ3n) is 3.07. The second-order valence-corrected chi connectivity index (χ2v) is 9.02. The van der Waals surface area contributed by atoms with Crippen LogP contribution in [0.15, 0.2) is 38.0 Å². The number of benzene rings is 1. The average Bonchev–Trinajstić information content (AvgIpc) is 2.93. The van der Waals surface area contributed by atoms with Gasteiger partial charge < -0.3 is 4.57 Å². The molecule has 0 N–H and O–H groups in total. The number of hydrogen-bond acceptors (Lipinski definition) is 2. The molecule has 0 bridgehead atoms. The van der Waals surface area contributed by atoms with Crippen molar-refractivity contribution in [2.24, 2.45) is 0 Å². The molecule has 2 aromatic heterocycles.